The van der Waals surface area contributed by atoms with Gasteiger partial charge in [0.05, 0.1) is 5.54 Å². The number of amides is 1. The molecule has 0 atom stereocenters. The van der Waals surface area contributed by atoms with E-state index < -0.39 is 17.2 Å². The standard InChI is InChI=1S/C17H31N5O2S2.HI/c1-16(2,3)24-14(23)22-17(4,5)12-21-13(18-6)19-8-7-10-25-15-20-9-11-26-15;/h9,11H,7-8,10,12H2,1-6H3,(H,22,23)(H2,18,19,21);1H. The first-order valence-electron chi connectivity index (χ1n) is 8.59. The molecule has 0 radical (unpaired) electrons. The van der Waals surface area contributed by atoms with Crippen LogP contribution in [0.3, 0.4) is 0 Å². The highest BCUT2D eigenvalue weighted by molar-refractivity contribution is 14.0. The predicted molar refractivity (Wildman–Crippen MR) is 126 cm³/mol. The summed E-state index contributed by atoms with van der Waals surface area (Å²) in [6, 6.07) is 0. The van der Waals surface area contributed by atoms with Gasteiger partial charge in [0.2, 0.25) is 0 Å². The molecule has 1 rings (SSSR count). The van der Waals surface area contributed by atoms with Crippen LogP contribution in [-0.2, 0) is 4.74 Å². The van der Waals surface area contributed by atoms with Crippen LogP contribution >= 0.6 is 47.1 Å². The van der Waals surface area contributed by atoms with Crippen LogP contribution in [0.15, 0.2) is 20.9 Å². The fourth-order valence-electron chi connectivity index (χ4n) is 1.87. The van der Waals surface area contributed by atoms with E-state index in [4.69, 9.17) is 4.74 Å². The Bertz CT molecular complexity index is 574. The molecule has 0 aromatic carbocycles. The van der Waals surface area contributed by atoms with Gasteiger partial charge in [-0.15, -0.1) is 35.3 Å². The van der Waals surface area contributed by atoms with Crippen LogP contribution in [0.1, 0.15) is 41.0 Å². The minimum Gasteiger partial charge on any atom is -0.444 e. The lowest BCUT2D eigenvalue weighted by Gasteiger charge is -2.29. The predicted octanol–water partition coefficient (Wildman–Crippen LogP) is 3.71. The number of nitrogens with zero attached hydrogens (tertiary/aromatic N) is 2. The monoisotopic (exact) mass is 529 g/mol. The average molecular weight is 530 g/mol. The molecule has 0 spiro atoms. The van der Waals surface area contributed by atoms with Crippen LogP contribution in [0.4, 0.5) is 4.79 Å². The summed E-state index contributed by atoms with van der Waals surface area (Å²) < 4.78 is 6.40. The van der Waals surface area contributed by atoms with Gasteiger partial charge in [0, 0.05) is 37.5 Å². The quantitative estimate of drug-likeness (QED) is 0.157. The molecule has 0 aliphatic rings. The van der Waals surface area contributed by atoms with E-state index in [1.165, 1.54) is 0 Å². The van der Waals surface area contributed by atoms with Gasteiger partial charge in [-0.2, -0.15) is 0 Å². The average Bonchev–Trinajstić information content (AvgIpc) is 3.00. The van der Waals surface area contributed by atoms with E-state index in [9.17, 15) is 4.79 Å². The van der Waals surface area contributed by atoms with E-state index in [2.05, 4.69) is 25.9 Å². The van der Waals surface area contributed by atoms with Crippen LogP contribution in [0.2, 0.25) is 0 Å². The van der Waals surface area contributed by atoms with Gasteiger partial charge in [0.15, 0.2) is 5.96 Å². The summed E-state index contributed by atoms with van der Waals surface area (Å²) in [5, 5.41) is 11.4. The lowest BCUT2D eigenvalue weighted by atomic mass is 10.1. The van der Waals surface area contributed by atoms with Gasteiger partial charge in [0.1, 0.15) is 9.94 Å². The third-order valence-electron chi connectivity index (χ3n) is 3.01. The highest BCUT2D eigenvalue weighted by Gasteiger charge is 2.24. The van der Waals surface area contributed by atoms with Crippen LogP contribution < -0.4 is 16.0 Å². The van der Waals surface area contributed by atoms with E-state index in [0.717, 1.165) is 23.1 Å². The number of hydrogen-bond donors (Lipinski definition) is 3. The van der Waals surface area contributed by atoms with Crippen molar-refractivity contribution in [3.05, 3.63) is 11.6 Å². The summed E-state index contributed by atoms with van der Waals surface area (Å²) in [7, 11) is 1.73. The summed E-state index contributed by atoms with van der Waals surface area (Å²) in [5.41, 5.74) is -0.984. The van der Waals surface area contributed by atoms with Gasteiger partial charge >= 0.3 is 6.09 Å². The smallest absolute Gasteiger partial charge is 0.408 e. The van der Waals surface area contributed by atoms with E-state index in [0.29, 0.717) is 12.5 Å². The zero-order valence-electron chi connectivity index (χ0n) is 16.9. The molecule has 1 amide bonds. The summed E-state index contributed by atoms with van der Waals surface area (Å²) in [6.45, 7) is 10.7. The summed E-state index contributed by atoms with van der Waals surface area (Å²) in [5.74, 6) is 1.71. The number of nitrogens with one attached hydrogen (secondary N) is 3. The van der Waals surface area contributed by atoms with Crippen molar-refractivity contribution in [3.63, 3.8) is 0 Å². The Labute approximate surface area is 187 Å². The van der Waals surface area contributed by atoms with Crippen molar-refractivity contribution in [2.24, 2.45) is 4.99 Å². The van der Waals surface area contributed by atoms with Gasteiger partial charge in [-0.25, -0.2) is 9.78 Å². The molecular formula is C17H32IN5O2S2. The molecule has 0 unspecified atom stereocenters. The van der Waals surface area contributed by atoms with Crippen LogP contribution in [0, 0.1) is 0 Å². The van der Waals surface area contributed by atoms with Gasteiger partial charge in [-0.1, -0.05) is 11.8 Å². The molecule has 3 N–H and O–H groups in total. The van der Waals surface area contributed by atoms with E-state index in [1.807, 2.05) is 46.2 Å². The third-order valence-corrected chi connectivity index (χ3v) is 5.06. The summed E-state index contributed by atoms with van der Waals surface area (Å²) >= 11 is 3.42. The number of rotatable bonds is 8. The van der Waals surface area contributed by atoms with Gasteiger partial charge in [0.25, 0.3) is 0 Å². The molecule has 27 heavy (non-hydrogen) atoms. The van der Waals surface area contributed by atoms with Crippen molar-refractivity contribution in [3.8, 4) is 0 Å². The number of halogens is 1. The maximum atomic E-state index is 11.9. The van der Waals surface area contributed by atoms with Crippen LogP contribution in [0.25, 0.3) is 0 Å². The molecule has 1 aromatic heterocycles. The fourth-order valence-corrected chi connectivity index (χ4v) is 3.52. The van der Waals surface area contributed by atoms with Crippen molar-refractivity contribution in [2.45, 2.75) is 56.5 Å². The molecule has 156 valence electrons. The van der Waals surface area contributed by atoms with Gasteiger partial charge in [-0.3, -0.25) is 4.99 Å². The van der Waals surface area contributed by atoms with E-state index in [-0.39, 0.29) is 24.0 Å². The van der Waals surface area contributed by atoms with Crippen molar-refractivity contribution in [1.29, 1.82) is 0 Å². The molecule has 0 aliphatic carbocycles. The second-order valence-electron chi connectivity index (χ2n) is 7.36. The second-order valence-corrected chi connectivity index (χ2v) is 9.60. The zero-order valence-corrected chi connectivity index (χ0v) is 20.9. The minimum atomic E-state index is -0.512. The Balaban J connectivity index is 0.00000676. The number of aliphatic imine (C=N–C) groups is 1. The minimum absolute atomic E-state index is 0. The Morgan fingerprint density at radius 1 is 1.30 bits per heavy atom. The Hall–Kier alpha value is -0.750. The van der Waals surface area contributed by atoms with Crippen LogP contribution in [0.5, 0.6) is 0 Å². The molecule has 0 saturated carbocycles. The normalized spacial score (nSPS) is 12.1. The molecule has 0 fully saturated rings. The van der Waals surface area contributed by atoms with Crippen molar-refractivity contribution < 1.29 is 9.53 Å². The number of thiazole rings is 1. The summed E-state index contributed by atoms with van der Waals surface area (Å²) in [6.07, 6.45) is 2.40. The number of ether oxygens (including phenoxy) is 1. The fraction of sp³-hybridized carbons (Fsp3) is 0.706. The Morgan fingerprint density at radius 2 is 2.00 bits per heavy atom. The van der Waals surface area contributed by atoms with E-state index >= 15 is 0 Å². The highest BCUT2D eigenvalue weighted by Crippen LogP contribution is 2.20. The maximum absolute atomic E-state index is 11.9. The SMILES string of the molecule is CN=C(NCCCSc1nccs1)NCC(C)(C)NC(=O)OC(C)(C)C.I. The second kappa shape index (κ2) is 12.7. The molecule has 7 nitrogen and oxygen atoms in total. The largest absolute Gasteiger partial charge is 0.444 e. The first kappa shape index (κ1) is 26.2. The first-order valence-corrected chi connectivity index (χ1v) is 10.5. The number of hydrogen-bond acceptors (Lipinski definition) is 6. The zero-order chi connectivity index (χ0) is 19.6. The molecule has 1 heterocycles. The Kier molecular flexibility index (Phi) is 12.3. The maximum Gasteiger partial charge on any atom is 0.408 e. The molecule has 0 bridgehead atoms. The van der Waals surface area contributed by atoms with Crippen molar-refractivity contribution in [2.75, 3.05) is 25.9 Å². The van der Waals surface area contributed by atoms with Gasteiger partial charge < -0.3 is 20.7 Å². The molecule has 0 saturated heterocycles. The highest BCUT2D eigenvalue weighted by atomic mass is 127. The Morgan fingerprint density at radius 3 is 2.56 bits per heavy atom. The summed E-state index contributed by atoms with van der Waals surface area (Å²) in [4.78, 5) is 20.4. The molecule has 1 aromatic rings. The molecular weight excluding hydrogens is 497 g/mol. The molecule has 0 aliphatic heterocycles. The number of guanidine groups is 1. The first-order chi connectivity index (χ1) is 12.1. The number of alkyl carbamates (subject to hydrolysis) is 1. The third kappa shape index (κ3) is 13.1. The lowest BCUT2D eigenvalue weighted by molar-refractivity contribution is 0.0474. The molecule has 10 heteroatoms. The number of carbonyl (C=O) groups is 1. The number of thioether (sulfide) groups is 1. The van der Waals surface area contributed by atoms with Gasteiger partial charge in [-0.05, 0) is 41.0 Å². The topological polar surface area (TPSA) is 87.6 Å². The van der Waals surface area contributed by atoms with Crippen molar-refractivity contribution in [1.82, 2.24) is 20.9 Å². The number of aromatic nitrogens is 1. The number of carbonyl (C=O) groups excluding carboxylic acids is 1. The van der Waals surface area contributed by atoms with Crippen LogP contribution in [-0.4, -0.2) is 54.1 Å². The lowest BCUT2D eigenvalue weighted by Crippen LogP contribution is -2.54. The van der Waals surface area contributed by atoms with E-state index in [1.54, 1.807) is 30.1 Å². The van der Waals surface area contributed by atoms with Crippen molar-refractivity contribution >= 4 is 59.1 Å².